The van der Waals surface area contributed by atoms with Crippen LogP contribution in [0.2, 0.25) is 5.02 Å². The summed E-state index contributed by atoms with van der Waals surface area (Å²) in [6, 6.07) is 9.42. The molecule has 0 atom stereocenters. The van der Waals surface area contributed by atoms with Crippen LogP contribution in [0.15, 0.2) is 47.4 Å². The number of anilines is 1. The number of hydrogen-bond donors (Lipinski definition) is 1. The average Bonchev–Trinajstić information content (AvgIpc) is 2.63. The molecule has 0 unspecified atom stereocenters. The van der Waals surface area contributed by atoms with Crippen LogP contribution in [-0.2, 0) is 10.0 Å². The van der Waals surface area contributed by atoms with Gasteiger partial charge in [-0.15, -0.1) is 0 Å². The fraction of sp³-hybridized carbons (Fsp3) is 0.235. The summed E-state index contributed by atoms with van der Waals surface area (Å²) in [7, 11) is -3.59. The van der Waals surface area contributed by atoms with Crippen LogP contribution in [0.5, 0.6) is 0 Å². The first-order valence-corrected chi connectivity index (χ1v) is 9.88. The second-order valence-corrected chi connectivity index (χ2v) is 7.84. The second-order valence-electron chi connectivity index (χ2n) is 5.49. The third-order valence-corrected chi connectivity index (χ3v) is 6.24. The molecule has 2 aromatic carbocycles. The summed E-state index contributed by atoms with van der Waals surface area (Å²) in [6.45, 7) is 4.21. The minimum absolute atomic E-state index is 0.0611. The molecule has 1 N–H and O–H groups in total. The predicted octanol–water partition coefficient (Wildman–Crippen LogP) is 3.53. The van der Waals surface area contributed by atoms with Gasteiger partial charge in [0, 0.05) is 30.4 Å². The summed E-state index contributed by atoms with van der Waals surface area (Å²) in [5, 5.41) is 13.4. The molecular formula is C17H18ClN3O5S. The highest BCUT2D eigenvalue weighted by Crippen LogP contribution is 2.25. The van der Waals surface area contributed by atoms with E-state index >= 15 is 0 Å². The molecule has 0 aliphatic heterocycles. The van der Waals surface area contributed by atoms with Crippen LogP contribution in [0.4, 0.5) is 11.4 Å². The molecule has 0 radical (unpaired) electrons. The van der Waals surface area contributed by atoms with Crippen molar-refractivity contribution in [2.75, 3.05) is 18.4 Å². The number of nitrogens with zero attached hydrogens (tertiary/aromatic N) is 2. The minimum atomic E-state index is -3.59. The Bertz CT molecular complexity index is 957. The van der Waals surface area contributed by atoms with Crippen LogP contribution < -0.4 is 5.32 Å². The first-order valence-electron chi connectivity index (χ1n) is 8.06. The number of nitro benzene ring substituents is 1. The zero-order chi connectivity index (χ0) is 20.2. The first kappa shape index (κ1) is 20.8. The fourth-order valence-electron chi connectivity index (χ4n) is 2.42. The van der Waals surface area contributed by atoms with Crippen molar-refractivity contribution in [3.05, 3.63) is 63.2 Å². The molecule has 0 saturated carbocycles. The van der Waals surface area contributed by atoms with Gasteiger partial charge in [-0.1, -0.05) is 25.4 Å². The molecule has 0 aliphatic carbocycles. The number of halogens is 1. The van der Waals surface area contributed by atoms with Gasteiger partial charge >= 0.3 is 0 Å². The van der Waals surface area contributed by atoms with Crippen LogP contribution in [0, 0.1) is 10.1 Å². The lowest BCUT2D eigenvalue weighted by atomic mass is 10.2. The Morgan fingerprint density at radius 1 is 1.15 bits per heavy atom. The number of amides is 1. The van der Waals surface area contributed by atoms with Gasteiger partial charge < -0.3 is 5.32 Å². The van der Waals surface area contributed by atoms with Gasteiger partial charge in [0.15, 0.2) is 0 Å². The molecule has 27 heavy (non-hydrogen) atoms. The highest BCUT2D eigenvalue weighted by Gasteiger charge is 2.21. The minimum Gasteiger partial charge on any atom is -0.322 e. The van der Waals surface area contributed by atoms with Gasteiger partial charge in [0.25, 0.3) is 11.6 Å². The maximum Gasteiger partial charge on any atom is 0.288 e. The van der Waals surface area contributed by atoms with E-state index in [0.29, 0.717) is 18.8 Å². The van der Waals surface area contributed by atoms with Gasteiger partial charge in [0.2, 0.25) is 10.0 Å². The van der Waals surface area contributed by atoms with Crippen molar-refractivity contribution in [2.45, 2.75) is 18.7 Å². The van der Waals surface area contributed by atoms with Crippen molar-refractivity contribution >= 4 is 38.9 Å². The Kier molecular flexibility index (Phi) is 6.53. The smallest absolute Gasteiger partial charge is 0.288 e. The van der Waals surface area contributed by atoms with Crippen molar-refractivity contribution in [2.24, 2.45) is 0 Å². The molecule has 8 nitrogen and oxygen atoms in total. The van der Waals surface area contributed by atoms with Crippen LogP contribution in [0.25, 0.3) is 0 Å². The van der Waals surface area contributed by atoms with Gasteiger partial charge in [-0.05, 0) is 36.4 Å². The van der Waals surface area contributed by atoms with E-state index in [1.54, 1.807) is 13.8 Å². The molecule has 0 fully saturated rings. The molecule has 2 aromatic rings. The third-order valence-electron chi connectivity index (χ3n) is 3.86. The highest BCUT2D eigenvalue weighted by molar-refractivity contribution is 7.89. The molecule has 0 aromatic heterocycles. The maximum atomic E-state index is 12.4. The Morgan fingerprint density at radius 3 is 2.26 bits per heavy atom. The molecule has 2 rings (SSSR count). The number of benzene rings is 2. The normalized spacial score (nSPS) is 11.4. The molecule has 0 bridgehead atoms. The molecule has 0 heterocycles. The van der Waals surface area contributed by atoms with E-state index in [1.807, 2.05) is 0 Å². The molecule has 0 aliphatic rings. The third kappa shape index (κ3) is 4.62. The van der Waals surface area contributed by atoms with Crippen LogP contribution in [0.1, 0.15) is 24.2 Å². The van der Waals surface area contributed by atoms with E-state index in [-0.39, 0.29) is 21.2 Å². The lowest BCUT2D eigenvalue weighted by molar-refractivity contribution is -0.384. The molecule has 10 heteroatoms. The monoisotopic (exact) mass is 411 g/mol. The highest BCUT2D eigenvalue weighted by atomic mass is 35.5. The number of hydrogen-bond acceptors (Lipinski definition) is 5. The number of nitrogens with one attached hydrogen (secondary N) is 1. The summed E-state index contributed by atoms with van der Waals surface area (Å²) in [5.41, 5.74) is 0.0482. The van der Waals surface area contributed by atoms with Crippen molar-refractivity contribution in [1.29, 1.82) is 0 Å². The van der Waals surface area contributed by atoms with E-state index in [9.17, 15) is 23.3 Å². The van der Waals surface area contributed by atoms with E-state index in [2.05, 4.69) is 5.32 Å². The largest absolute Gasteiger partial charge is 0.322 e. The Balaban J connectivity index is 2.21. The van der Waals surface area contributed by atoms with Crippen molar-refractivity contribution in [3.63, 3.8) is 0 Å². The molecule has 144 valence electrons. The first-order chi connectivity index (χ1) is 12.7. The fourth-order valence-corrected chi connectivity index (χ4v) is 4.06. The number of carbonyl (C=O) groups is 1. The summed E-state index contributed by atoms with van der Waals surface area (Å²) < 4.78 is 26.2. The Hall–Kier alpha value is -2.49. The van der Waals surface area contributed by atoms with Crippen molar-refractivity contribution in [3.8, 4) is 0 Å². The molecule has 0 saturated heterocycles. The number of carbonyl (C=O) groups excluding carboxylic acids is 1. The summed E-state index contributed by atoms with van der Waals surface area (Å²) in [6.07, 6.45) is 0. The summed E-state index contributed by atoms with van der Waals surface area (Å²) in [4.78, 5) is 22.6. The molecule has 1 amide bonds. The van der Waals surface area contributed by atoms with Gasteiger partial charge in [-0.2, -0.15) is 4.31 Å². The Morgan fingerprint density at radius 2 is 1.74 bits per heavy atom. The van der Waals surface area contributed by atoms with Crippen LogP contribution in [-0.4, -0.2) is 36.6 Å². The van der Waals surface area contributed by atoms with E-state index in [1.165, 1.54) is 40.7 Å². The van der Waals surface area contributed by atoms with Gasteiger partial charge in [-0.25, -0.2) is 8.42 Å². The molecule has 0 spiro atoms. The van der Waals surface area contributed by atoms with Crippen LogP contribution >= 0.6 is 11.6 Å². The van der Waals surface area contributed by atoms with Gasteiger partial charge in [-0.3, -0.25) is 14.9 Å². The summed E-state index contributed by atoms with van der Waals surface area (Å²) >= 11 is 5.73. The lowest BCUT2D eigenvalue weighted by Crippen LogP contribution is -2.30. The summed E-state index contributed by atoms with van der Waals surface area (Å²) in [5.74, 6) is -0.575. The van der Waals surface area contributed by atoms with Gasteiger partial charge in [0.1, 0.15) is 5.02 Å². The SMILES string of the molecule is CCN(CC)S(=O)(=O)c1ccc(NC(=O)c2ccc(Cl)c([N+](=O)[O-])c2)cc1. The zero-order valence-corrected chi connectivity index (χ0v) is 16.2. The van der Waals surface area contributed by atoms with Crippen molar-refractivity contribution in [1.82, 2.24) is 4.31 Å². The number of rotatable bonds is 7. The predicted molar refractivity (Wildman–Crippen MR) is 103 cm³/mol. The Labute approximate surface area is 162 Å². The van der Waals surface area contributed by atoms with Crippen LogP contribution in [0.3, 0.4) is 0 Å². The standard InChI is InChI=1S/C17H18ClN3O5S/c1-3-20(4-2)27(25,26)14-8-6-13(7-9-14)19-17(22)12-5-10-15(18)16(11-12)21(23)24/h5-11H,3-4H2,1-2H3,(H,19,22). The number of sulfonamides is 1. The number of nitro groups is 1. The van der Waals surface area contributed by atoms with E-state index in [4.69, 9.17) is 11.6 Å². The maximum absolute atomic E-state index is 12.4. The second kappa shape index (κ2) is 8.47. The molecular weight excluding hydrogens is 394 g/mol. The topological polar surface area (TPSA) is 110 Å². The van der Waals surface area contributed by atoms with Crippen molar-refractivity contribution < 1.29 is 18.1 Å². The average molecular weight is 412 g/mol. The lowest BCUT2D eigenvalue weighted by Gasteiger charge is -2.18. The quantitative estimate of drug-likeness (QED) is 0.553. The zero-order valence-electron chi connectivity index (χ0n) is 14.7. The van der Waals surface area contributed by atoms with E-state index < -0.39 is 20.9 Å². The van der Waals surface area contributed by atoms with E-state index in [0.717, 1.165) is 6.07 Å². The van der Waals surface area contributed by atoms with Gasteiger partial charge in [0.05, 0.1) is 9.82 Å².